The van der Waals surface area contributed by atoms with Crippen LogP contribution in [0.2, 0.25) is 0 Å². The third kappa shape index (κ3) is 4.10. The van der Waals surface area contributed by atoms with Crippen molar-refractivity contribution < 1.29 is 9.90 Å². The van der Waals surface area contributed by atoms with Crippen molar-refractivity contribution in [3.05, 3.63) is 65.2 Å². The normalized spacial score (nSPS) is 12.2. The second-order valence-electron chi connectivity index (χ2n) is 5.95. The third-order valence-electron chi connectivity index (χ3n) is 3.60. The molecule has 22 heavy (non-hydrogen) atoms. The summed E-state index contributed by atoms with van der Waals surface area (Å²) >= 11 is 0. The minimum Gasteiger partial charge on any atom is -0.508 e. The van der Waals surface area contributed by atoms with Crippen LogP contribution in [0.1, 0.15) is 42.9 Å². The van der Waals surface area contributed by atoms with Crippen molar-refractivity contribution in [2.45, 2.75) is 39.2 Å². The fourth-order valence-electron chi connectivity index (χ4n) is 2.61. The highest BCUT2D eigenvalue weighted by molar-refractivity contribution is 5.78. The predicted octanol–water partition coefficient (Wildman–Crippen LogP) is 3.75. The molecule has 0 saturated carbocycles. The zero-order valence-electron chi connectivity index (χ0n) is 13.3. The van der Waals surface area contributed by atoms with Gasteiger partial charge in [-0.1, -0.05) is 48.0 Å². The molecule has 0 aromatic heterocycles. The van der Waals surface area contributed by atoms with Crippen LogP contribution in [0.15, 0.2) is 48.5 Å². The summed E-state index contributed by atoms with van der Waals surface area (Å²) in [7, 11) is 0. The largest absolute Gasteiger partial charge is 0.508 e. The van der Waals surface area contributed by atoms with Gasteiger partial charge in [0.1, 0.15) is 5.75 Å². The average Bonchev–Trinajstić information content (AvgIpc) is 2.48. The summed E-state index contributed by atoms with van der Waals surface area (Å²) in [4.78, 5) is 12.2. The minimum atomic E-state index is -0.153. The average molecular weight is 297 g/mol. The highest BCUT2D eigenvalue weighted by atomic mass is 16.3. The Kier molecular flexibility index (Phi) is 5.21. The first-order valence-electron chi connectivity index (χ1n) is 7.61. The Labute approximate surface area is 132 Å². The molecule has 0 bridgehead atoms. The zero-order chi connectivity index (χ0) is 16.1. The number of aromatic hydroxyl groups is 1. The molecule has 2 aromatic carbocycles. The van der Waals surface area contributed by atoms with Gasteiger partial charge in [-0.3, -0.25) is 4.79 Å². The lowest BCUT2D eigenvalue weighted by atomic mass is 9.87. The van der Waals surface area contributed by atoms with Gasteiger partial charge in [-0.25, -0.2) is 0 Å². The van der Waals surface area contributed by atoms with Gasteiger partial charge in [0.15, 0.2) is 0 Å². The van der Waals surface area contributed by atoms with E-state index in [1.807, 2.05) is 63.2 Å². The van der Waals surface area contributed by atoms with Gasteiger partial charge in [0, 0.05) is 23.9 Å². The van der Waals surface area contributed by atoms with Gasteiger partial charge in [0.25, 0.3) is 0 Å². The smallest absolute Gasteiger partial charge is 0.221 e. The first kappa shape index (κ1) is 16.1. The number of carbonyl (C=O) groups is 1. The molecule has 2 N–H and O–H groups in total. The Morgan fingerprint density at radius 3 is 2.45 bits per heavy atom. The molecule has 116 valence electrons. The zero-order valence-corrected chi connectivity index (χ0v) is 13.3. The van der Waals surface area contributed by atoms with Crippen molar-refractivity contribution in [2.24, 2.45) is 0 Å². The number of hydrogen-bond acceptors (Lipinski definition) is 2. The Hall–Kier alpha value is -2.29. The molecule has 0 aliphatic heterocycles. The fraction of sp³-hybridized carbons (Fsp3) is 0.316. The molecule has 0 saturated heterocycles. The van der Waals surface area contributed by atoms with E-state index < -0.39 is 0 Å². The van der Waals surface area contributed by atoms with E-state index in [2.05, 4.69) is 5.32 Å². The molecule has 0 aliphatic rings. The lowest BCUT2D eigenvalue weighted by Gasteiger charge is -2.20. The van der Waals surface area contributed by atoms with Crippen LogP contribution >= 0.6 is 0 Å². The number of phenolic OH excluding ortho intramolecular Hbond substituents is 1. The highest BCUT2D eigenvalue weighted by Gasteiger charge is 2.21. The van der Waals surface area contributed by atoms with Crippen molar-refractivity contribution in [1.29, 1.82) is 0 Å². The number of nitrogens with one attached hydrogen (secondary N) is 1. The summed E-state index contributed by atoms with van der Waals surface area (Å²) in [5, 5.41) is 13.2. The van der Waals surface area contributed by atoms with Crippen LogP contribution in [0.5, 0.6) is 5.75 Å². The quantitative estimate of drug-likeness (QED) is 0.883. The maximum atomic E-state index is 12.2. The summed E-state index contributed by atoms with van der Waals surface area (Å²) in [5.41, 5.74) is 2.89. The second kappa shape index (κ2) is 7.12. The van der Waals surface area contributed by atoms with Gasteiger partial charge in [0.05, 0.1) is 0 Å². The van der Waals surface area contributed by atoms with Crippen molar-refractivity contribution in [3.63, 3.8) is 0 Å². The number of carbonyl (C=O) groups excluding carboxylic acids is 1. The number of hydrogen-bond donors (Lipinski definition) is 2. The molecular weight excluding hydrogens is 274 g/mol. The standard InChI is InChI=1S/C19H23NO2/c1-13(2)20-19(22)12-16(15-7-5-4-6-8-15)17-11-14(3)9-10-18(17)21/h4-11,13,16,21H,12H2,1-3H3,(H,20,22)/t16-/m1/s1. The maximum absolute atomic E-state index is 12.2. The molecular formula is C19H23NO2. The van der Waals surface area contributed by atoms with Gasteiger partial charge in [-0.05, 0) is 32.4 Å². The van der Waals surface area contributed by atoms with Crippen LogP contribution < -0.4 is 5.32 Å². The minimum absolute atomic E-state index is 0.00948. The van der Waals surface area contributed by atoms with Gasteiger partial charge in [-0.2, -0.15) is 0 Å². The Morgan fingerprint density at radius 2 is 1.82 bits per heavy atom. The second-order valence-corrected chi connectivity index (χ2v) is 5.95. The predicted molar refractivity (Wildman–Crippen MR) is 89.0 cm³/mol. The van der Waals surface area contributed by atoms with E-state index in [0.717, 1.165) is 16.7 Å². The summed E-state index contributed by atoms with van der Waals surface area (Å²) in [6, 6.07) is 15.5. The Balaban J connectivity index is 2.37. The Morgan fingerprint density at radius 1 is 1.14 bits per heavy atom. The van der Waals surface area contributed by atoms with E-state index in [9.17, 15) is 9.90 Å². The fourth-order valence-corrected chi connectivity index (χ4v) is 2.61. The molecule has 0 fully saturated rings. The van der Waals surface area contributed by atoms with E-state index >= 15 is 0 Å². The van der Waals surface area contributed by atoms with E-state index in [4.69, 9.17) is 0 Å². The van der Waals surface area contributed by atoms with Gasteiger partial charge in [0.2, 0.25) is 5.91 Å². The van der Waals surface area contributed by atoms with Crippen LogP contribution in [0.3, 0.4) is 0 Å². The summed E-state index contributed by atoms with van der Waals surface area (Å²) in [6.07, 6.45) is 0.319. The molecule has 3 nitrogen and oxygen atoms in total. The summed E-state index contributed by atoms with van der Waals surface area (Å²) < 4.78 is 0. The summed E-state index contributed by atoms with van der Waals surface area (Å²) in [5.74, 6) is 0.0707. The van der Waals surface area contributed by atoms with Crippen LogP contribution in [-0.2, 0) is 4.79 Å². The lowest BCUT2D eigenvalue weighted by Crippen LogP contribution is -2.31. The SMILES string of the molecule is Cc1ccc(O)c([C@H](CC(=O)NC(C)C)c2ccccc2)c1. The summed E-state index contributed by atoms with van der Waals surface area (Å²) in [6.45, 7) is 5.87. The maximum Gasteiger partial charge on any atom is 0.221 e. The van der Waals surface area contributed by atoms with Gasteiger partial charge < -0.3 is 10.4 Å². The molecule has 0 aliphatic carbocycles. The molecule has 0 spiro atoms. The third-order valence-corrected chi connectivity index (χ3v) is 3.60. The molecule has 1 amide bonds. The van der Waals surface area contributed by atoms with E-state index in [-0.39, 0.29) is 23.6 Å². The van der Waals surface area contributed by atoms with Crippen LogP contribution in [0.25, 0.3) is 0 Å². The van der Waals surface area contributed by atoms with Crippen LogP contribution in [0, 0.1) is 6.92 Å². The number of phenols is 1. The number of rotatable bonds is 5. The molecule has 3 heteroatoms. The molecule has 0 unspecified atom stereocenters. The van der Waals surface area contributed by atoms with E-state index in [0.29, 0.717) is 6.42 Å². The molecule has 2 rings (SSSR count). The van der Waals surface area contributed by atoms with Crippen molar-refractivity contribution in [2.75, 3.05) is 0 Å². The topological polar surface area (TPSA) is 49.3 Å². The lowest BCUT2D eigenvalue weighted by molar-refractivity contribution is -0.121. The Bertz CT molecular complexity index is 635. The molecule has 0 radical (unpaired) electrons. The first-order chi connectivity index (χ1) is 10.5. The molecule has 2 aromatic rings. The monoisotopic (exact) mass is 297 g/mol. The number of benzene rings is 2. The number of aryl methyl sites for hydroxylation is 1. The first-order valence-corrected chi connectivity index (χ1v) is 7.61. The molecule has 0 heterocycles. The van der Waals surface area contributed by atoms with Gasteiger partial charge in [-0.15, -0.1) is 0 Å². The van der Waals surface area contributed by atoms with Crippen LogP contribution in [-0.4, -0.2) is 17.1 Å². The van der Waals surface area contributed by atoms with Crippen molar-refractivity contribution >= 4 is 5.91 Å². The highest BCUT2D eigenvalue weighted by Crippen LogP contribution is 2.34. The van der Waals surface area contributed by atoms with Gasteiger partial charge >= 0.3 is 0 Å². The van der Waals surface area contributed by atoms with E-state index in [1.54, 1.807) is 6.07 Å². The van der Waals surface area contributed by atoms with Crippen molar-refractivity contribution in [1.82, 2.24) is 5.32 Å². The van der Waals surface area contributed by atoms with Crippen LogP contribution in [0.4, 0.5) is 0 Å². The molecule has 1 atom stereocenters. The van der Waals surface area contributed by atoms with E-state index in [1.165, 1.54) is 0 Å². The number of amides is 1. The van der Waals surface area contributed by atoms with Crippen molar-refractivity contribution in [3.8, 4) is 5.75 Å².